The Kier molecular flexibility index (Phi) is 5.67. The van der Waals surface area contributed by atoms with Crippen LogP contribution in [0.2, 0.25) is 0 Å². The van der Waals surface area contributed by atoms with E-state index in [4.69, 9.17) is 5.11 Å². The first-order valence-electron chi connectivity index (χ1n) is 7.84. The zero-order valence-electron chi connectivity index (χ0n) is 14.4. The van der Waals surface area contributed by atoms with Crippen molar-refractivity contribution in [3.63, 3.8) is 0 Å². The van der Waals surface area contributed by atoms with Gasteiger partial charge in [-0.05, 0) is 32.0 Å². The van der Waals surface area contributed by atoms with Crippen LogP contribution in [-0.2, 0) is 11.0 Å². The lowest BCUT2D eigenvalue weighted by Crippen LogP contribution is -2.39. The summed E-state index contributed by atoms with van der Waals surface area (Å²) in [5.41, 5.74) is -1.99. The van der Waals surface area contributed by atoms with Crippen LogP contribution in [0.1, 0.15) is 28.7 Å². The van der Waals surface area contributed by atoms with Gasteiger partial charge in [0.15, 0.2) is 5.69 Å². The molecule has 0 saturated carbocycles. The first-order valence-corrected chi connectivity index (χ1v) is 7.84. The van der Waals surface area contributed by atoms with Crippen LogP contribution in [0.25, 0.3) is 5.69 Å². The number of carbonyl (C=O) groups excluding carboxylic acids is 1. The van der Waals surface area contributed by atoms with E-state index >= 15 is 0 Å². The van der Waals surface area contributed by atoms with Crippen LogP contribution in [-0.4, -0.2) is 44.8 Å². The van der Waals surface area contributed by atoms with E-state index < -0.39 is 41.3 Å². The third-order valence-corrected chi connectivity index (χ3v) is 3.72. The fourth-order valence-corrected chi connectivity index (χ4v) is 2.41. The number of carboxylic acids is 1. The quantitative estimate of drug-likeness (QED) is 0.854. The minimum Gasteiger partial charge on any atom is -0.480 e. The Morgan fingerprint density at radius 2 is 1.93 bits per heavy atom. The maximum atomic E-state index is 12.9. The summed E-state index contributed by atoms with van der Waals surface area (Å²) in [5, 5.41) is 12.8. The number of nitrogens with zero attached hydrogens (tertiary/aromatic N) is 3. The molecular weight excluding hydrogens is 367 g/mol. The molecule has 1 aromatic heterocycles. The predicted molar refractivity (Wildman–Crippen MR) is 88.8 cm³/mol. The lowest BCUT2D eigenvalue weighted by molar-refractivity contribution is -0.138. The average Bonchev–Trinajstić information content (AvgIpc) is 2.58. The minimum absolute atomic E-state index is 0.0117. The van der Waals surface area contributed by atoms with Gasteiger partial charge in [-0.15, -0.1) is 0 Å². The summed E-state index contributed by atoms with van der Waals surface area (Å²) < 4.78 is 39.8. The van der Waals surface area contributed by atoms with E-state index in [9.17, 15) is 27.6 Å². The number of alkyl halides is 3. The molecule has 1 amide bonds. The molecule has 2 aromatic rings. The van der Waals surface area contributed by atoms with Gasteiger partial charge >= 0.3 is 12.1 Å². The molecule has 0 atom stereocenters. The molecule has 0 radical (unpaired) electrons. The van der Waals surface area contributed by atoms with Crippen LogP contribution in [0, 0.1) is 6.92 Å². The molecule has 2 rings (SSSR count). The van der Waals surface area contributed by atoms with Gasteiger partial charge in [0.2, 0.25) is 5.43 Å². The molecule has 27 heavy (non-hydrogen) atoms. The third-order valence-electron chi connectivity index (χ3n) is 3.72. The zero-order valence-corrected chi connectivity index (χ0v) is 14.4. The number of aromatic nitrogens is 2. The number of carbonyl (C=O) groups is 2. The van der Waals surface area contributed by atoms with Gasteiger partial charge in [-0.2, -0.15) is 18.3 Å². The normalized spacial score (nSPS) is 11.3. The van der Waals surface area contributed by atoms with Crippen LogP contribution in [0.15, 0.2) is 35.1 Å². The number of likely N-dealkylation sites (N-methyl/N-ethyl adjacent to an activating group) is 1. The zero-order chi connectivity index (χ0) is 20.4. The van der Waals surface area contributed by atoms with Crippen molar-refractivity contribution in [1.29, 1.82) is 0 Å². The monoisotopic (exact) mass is 383 g/mol. The van der Waals surface area contributed by atoms with Crippen molar-refractivity contribution in [3.05, 3.63) is 57.5 Å². The molecular formula is C17H16F3N3O4. The van der Waals surface area contributed by atoms with Crippen molar-refractivity contribution in [3.8, 4) is 5.69 Å². The van der Waals surface area contributed by atoms with E-state index in [0.29, 0.717) is 0 Å². The fraction of sp³-hybridized carbons (Fsp3) is 0.294. The Balaban J connectivity index is 2.55. The second-order valence-electron chi connectivity index (χ2n) is 5.67. The summed E-state index contributed by atoms with van der Waals surface area (Å²) in [6.07, 6.45) is -4.57. The third kappa shape index (κ3) is 4.52. The Morgan fingerprint density at radius 1 is 1.26 bits per heavy atom. The van der Waals surface area contributed by atoms with E-state index in [-0.39, 0.29) is 17.9 Å². The molecule has 0 fully saturated rings. The molecule has 10 heteroatoms. The second-order valence-corrected chi connectivity index (χ2v) is 5.67. The van der Waals surface area contributed by atoms with Crippen LogP contribution in [0.4, 0.5) is 13.2 Å². The number of rotatable bonds is 5. The first kappa shape index (κ1) is 20.1. The molecule has 7 nitrogen and oxygen atoms in total. The van der Waals surface area contributed by atoms with Crippen molar-refractivity contribution >= 4 is 11.9 Å². The van der Waals surface area contributed by atoms with Crippen LogP contribution < -0.4 is 5.43 Å². The Morgan fingerprint density at radius 3 is 2.48 bits per heavy atom. The van der Waals surface area contributed by atoms with Crippen molar-refractivity contribution in [2.45, 2.75) is 20.0 Å². The number of hydrogen-bond acceptors (Lipinski definition) is 4. The summed E-state index contributed by atoms with van der Waals surface area (Å²) >= 11 is 0. The smallest absolute Gasteiger partial charge is 0.416 e. The molecule has 1 heterocycles. The van der Waals surface area contributed by atoms with Gasteiger partial charge in [0, 0.05) is 18.3 Å². The van der Waals surface area contributed by atoms with Crippen molar-refractivity contribution in [1.82, 2.24) is 14.7 Å². The SMILES string of the molecule is CCN(CC(=O)O)C(=O)c1nn(-c2cccc(C(F)(F)F)c2)c(C)cc1=O. The number of amides is 1. The maximum absolute atomic E-state index is 12.9. The minimum atomic E-state index is -4.57. The predicted octanol–water partition coefficient (Wildman–Crippen LogP) is 2.11. The molecule has 1 aromatic carbocycles. The molecule has 1 N–H and O–H groups in total. The second kappa shape index (κ2) is 7.60. The highest BCUT2D eigenvalue weighted by atomic mass is 19.4. The van der Waals surface area contributed by atoms with E-state index in [1.165, 1.54) is 26.0 Å². The number of benzene rings is 1. The first-order chi connectivity index (χ1) is 12.5. The van der Waals surface area contributed by atoms with E-state index in [1.54, 1.807) is 0 Å². The topological polar surface area (TPSA) is 92.5 Å². The summed E-state index contributed by atoms with van der Waals surface area (Å²) in [5.74, 6) is -2.18. The van der Waals surface area contributed by atoms with Crippen molar-refractivity contribution < 1.29 is 27.9 Å². The lowest BCUT2D eigenvalue weighted by Gasteiger charge is -2.19. The Bertz CT molecular complexity index is 938. The molecule has 0 spiro atoms. The van der Waals surface area contributed by atoms with E-state index in [1.807, 2.05) is 0 Å². The van der Waals surface area contributed by atoms with Gasteiger partial charge in [0.05, 0.1) is 11.3 Å². The van der Waals surface area contributed by atoms with Crippen molar-refractivity contribution in [2.75, 3.05) is 13.1 Å². The van der Waals surface area contributed by atoms with Gasteiger partial charge in [-0.3, -0.25) is 14.4 Å². The van der Waals surface area contributed by atoms with Gasteiger partial charge in [0.25, 0.3) is 5.91 Å². The largest absolute Gasteiger partial charge is 0.480 e. The van der Waals surface area contributed by atoms with Gasteiger partial charge < -0.3 is 10.0 Å². The fourth-order valence-electron chi connectivity index (χ4n) is 2.41. The van der Waals surface area contributed by atoms with Crippen molar-refractivity contribution in [2.24, 2.45) is 0 Å². The Hall–Kier alpha value is -3.17. The van der Waals surface area contributed by atoms with E-state index in [2.05, 4.69) is 5.10 Å². The molecule has 0 bridgehead atoms. The molecule has 144 valence electrons. The van der Waals surface area contributed by atoms with Crippen LogP contribution in [0.5, 0.6) is 0 Å². The number of carboxylic acid groups (broad SMARTS) is 1. The lowest BCUT2D eigenvalue weighted by atomic mass is 10.2. The standard InChI is InChI=1S/C17H16F3N3O4/c1-3-22(9-14(25)26)16(27)15-13(24)7-10(2)23(21-15)12-6-4-5-11(8-12)17(18,19)20/h4-8H,3,9H2,1-2H3,(H,25,26). The number of aryl methyl sites for hydroxylation is 1. The molecule has 0 aliphatic heterocycles. The average molecular weight is 383 g/mol. The van der Waals surface area contributed by atoms with Gasteiger partial charge in [-0.25, -0.2) is 4.68 Å². The number of hydrogen-bond donors (Lipinski definition) is 1. The molecule has 0 saturated heterocycles. The van der Waals surface area contributed by atoms with E-state index in [0.717, 1.165) is 27.8 Å². The molecule has 0 aliphatic rings. The van der Waals surface area contributed by atoms with Crippen LogP contribution >= 0.6 is 0 Å². The summed E-state index contributed by atoms with van der Waals surface area (Å²) in [6.45, 7) is 2.37. The highest BCUT2D eigenvalue weighted by Crippen LogP contribution is 2.30. The summed E-state index contributed by atoms with van der Waals surface area (Å²) in [4.78, 5) is 36.4. The number of aliphatic carboxylic acids is 1. The highest BCUT2D eigenvalue weighted by molar-refractivity contribution is 5.93. The molecule has 0 unspecified atom stereocenters. The van der Waals surface area contributed by atoms with Crippen LogP contribution in [0.3, 0.4) is 0 Å². The maximum Gasteiger partial charge on any atom is 0.416 e. The van der Waals surface area contributed by atoms with Gasteiger partial charge in [0.1, 0.15) is 6.54 Å². The van der Waals surface area contributed by atoms with Gasteiger partial charge in [-0.1, -0.05) is 6.07 Å². The summed E-state index contributed by atoms with van der Waals surface area (Å²) in [6, 6.07) is 5.33. The summed E-state index contributed by atoms with van der Waals surface area (Å²) in [7, 11) is 0. The highest BCUT2D eigenvalue weighted by Gasteiger charge is 2.31. The Labute approximate surface area is 151 Å². The molecule has 0 aliphatic carbocycles. The number of halogens is 3.